The fraction of sp³-hybridized carbons (Fsp3) is 0.154. The molecule has 0 saturated heterocycles. The molecule has 10 heteroatoms. The van der Waals surface area contributed by atoms with Crippen LogP contribution in [0.4, 0.5) is 5.69 Å². The van der Waals surface area contributed by atoms with Gasteiger partial charge < -0.3 is 10.3 Å². The number of imidazole rings is 1. The van der Waals surface area contributed by atoms with Crippen LogP contribution in [0.3, 0.4) is 0 Å². The molecule has 0 unspecified atom stereocenters. The van der Waals surface area contributed by atoms with E-state index in [-0.39, 0.29) is 5.91 Å². The lowest BCUT2D eigenvalue weighted by molar-refractivity contribution is -0.116. The Morgan fingerprint density at radius 3 is 2.78 bits per heavy atom. The van der Waals surface area contributed by atoms with Crippen LogP contribution in [0.2, 0.25) is 0 Å². The first-order chi connectivity index (χ1) is 17.7. The summed E-state index contributed by atoms with van der Waals surface area (Å²) in [4.78, 5) is 33.9. The topological polar surface area (TPSA) is 125 Å². The molecule has 0 aliphatic rings. The second kappa shape index (κ2) is 9.31. The van der Waals surface area contributed by atoms with Crippen LogP contribution in [0.5, 0.6) is 0 Å². The monoisotopic (exact) mass is 494 g/mol. The third kappa shape index (κ3) is 4.11. The van der Waals surface area contributed by atoms with Crippen molar-refractivity contribution in [3.63, 3.8) is 0 Å². The summed E-state index contributed by atoms with van der Waals surface area (Å²) in [6.45, 7) is 2.06. The van der Waals surface area contributed by atoms with Gasteiger partial charge >= 0.3 is 0 Å². The van der Waals surface area contributed by atoms with E-state index >= 15 is 0 Å². The zero-order valence-electron chi connectivity index (χ0n) is 19.4. The van der Waals surface area contributed by atoms with Crippen molar-refractivity contribution in [2.45, 2.75) is 26.2 Å². The van der Waals surface area contributed by atoms with Gasteiger partial charge in [0.25, 0.3) is 0 Å². The summed E-state index contributed by atoms with van der Waals surface area (Å²) in [5.74, 6) is 0.595. The summed E-state index contributed by atoms with van der Waals surface area (Å²) in [5.41, 5.74) is 7.98. The number of aromatic nitrogens is 7. The zero-order chi connectivity index (χ0) is 24.5. The standard InChI is InChI=1S/C26H22N8OS/c1-2-3-4-22(35)29-17-9-16(10-27-11-17)19-5-6-20-24(30-19)25(34-33-20)26-31-21-13-28-12-18(23(21)32-26)15-7-8-36-14-15/h5-14H,2-4H2,1H3,(H,29,35)(H,31,32)(H,33,34). The van der Waals surface area contributed by atoms with Crippen LogP contribution in [-0.2, 0) is 4.79 Å². The number of nitrogens with zero attached hydrogens (tertiary/aromatic N) is 5. The average molecular weight is 495 g/mol. The van der Waals surface area contributed by atoms with Gasteiger partial charge in [-0.25, -0.2) is 9.97 Å². The Hall–Kier alpha value is -4.44. The normalized spacial score (nSPS) is 11.4. The molecule has 0 spiro atoms. The van der Waals surface area contributed by atoms with Gasteiger partial charge in [0, 0.05) is 29.9 Å². The molecule has 6 rings (SSSR count). The number of pyridine rings is 3. The summed E-state index contributed by atoms with van der Waals surface area (Å²) in [5, 5.41) is 14.6. The van der Waals surface area contributed by atoms with Gasteiger partial charge in [-0.2, -0.15) is 16.4 Å². The maximum Gasteiger partial charge on any atom is 0.224 e. The number of rotatable bonds is 7. The summed E-state index contributed by atoms with van der Waals surface area (Å²) in [6.07, 6.45) is 9.28. The van der Waals surface area contributed by atoms with Crippen LogP contribution in [0.25, 0.3) is 56.0 Å². The number of amides is 1. The Bertz CT molecular complexity index is 1690. The number of aromatic amines is 2. The lowest BCUT2D eigenvalue weighted by Gasteiger charge is -2.07. The van der Waals surface area contributed by atoms with Crippen molar-refractivity contribution in [3.05, 3.63) is 59.8 Å². The number of fused-ring (bicyclic) bond motifs is 2. The smallest absolute Gasteiger partial charge is 0.224 e. The minimum Gasteiger partial charge on any atom is -0.335 e. The van der Waals surface area contributed by atoms with Gasteiger partial charge in [0.05, 0.1) is 34.8 Å². The summed E-state index contributed by atoms with van der Waals surface area (Å²) < 4.78 is 0. The summed E-state index contributed by atoms with van der Waals surface area (Å²) >= 11 is 1.63. The Morgan fingerprint density at radius 2 is 1.92 bits per heavy atom. The van der Waals surface area contributed by atoms with Crippen molar-refractivity contribution >= 4 is 45.0 Å². The number of thiophene rings is 1. The Kier molecular flexibility index (Phi) is 5.70. The van der Waals surface area contributed by atoms with Crippen molar-refractivity contribution in [2.75, 3.05) is 5.32 Å². The highest BCUT2D eigenvalue weighted by molar-refractivity contribution is 7.08. The largest absolute Gasteiger partial charge is 0.335 e. The van der Waals surface area contributed by atoms with Gasteiger partial charge in [-0.3, -0.25) is 19.9 Å². The lowest BCUT2D eigenvalue weighted by atomic mass is 10.1. The highest BCUT2D eigenvalue weighted by atomic mass is 32.1. The van der Waals surface area contributed by atoms with Crippen molar-refractivity contribution in [1.82, 2.24) is 35.1 Å². The SMILES string of the molecule is CCCCC(=O)Nc1cncc(-c2ccc3[nH]nc(-c4nc5c(-c6ccsc6)cncc5[nH]4)c3n2)c1. The Labute approximate surface area is 210 Å². The number of carbonyl (C=O) groups excluding carboxylic acids is 1. The van der Waals surface area contributed by atoms with Crippen LogP contribution >= 0.6 is 11.3 Å². The van der Waals surface area contributed by atoms with E-state index in [0.29, 0.717) is 29.1 Å². The van der Waals surface area contributed by atoms with Crippen LogP contribution in [0.1, 0.15) is 26.2 Å². The molecule has 6 aromatic heterocycles. The third-order valence-corrected chi connectivity index (χ3v) is 6.62. The fourth-order valence-electron chi connectivity index (χ4n) is 4.11. The fourth-order valence-corrected chi connectivity index (χ4v) is 4.76. The molecule has 3 N–H and O–H groups in total. The Morgan fingerprint density at radius 1 is 1.00 bits per heavy atom. The van der Waals surface area contributed by atoms with E-state index < -0.39 is 0 Å². The van der Waals surface area contributed by atoms with Gasteiger partial charge in [0.1, 0.15) is 11.0 Å². The third-order valence-electron chi connectivity index (χ3n) is 5.93. The summed E-state index contributed by atoms with van der Waals surface area (Å²) in [6, 6.07) is 7.77. The minimum atomic E-state index is -0.0162. The van der Waals surface area contributed by atoms with Gasteiger partial charge in [-0.1, -0.05) is 13.3 Å². The molecular formula is C26H22N8OS. The van der Waals surface area contributed by atoms with Gasteiger partial charge in [-0.05, 0) is 47.0 Å². The van der Waals surface area contributed by atoms with Gasteiger partial charge in [0.15, 0.2) is 11.5 Å². The minimum absolute atomic E-state index is 0.0162. The second-order valence-electron chi connectivity index (χ2n) is 8.46. The lowest BCUT2D eigenvalue weighted by Crippen LogP contribution is -2.11. The number of hydrogen-bond acceptors (Lipinski definition) is 7. The molecule has 178 valence electrons. The molecule has 0 fully saturated rings. The molecule has 0 aliphatic heterocycles. The predicted octanol–water partition coefficient (Wildman–Crippen LogP) is 5.82. The molecular weight excluding hydrogens is 472 g/mol. The van der Waals surface area contributed by atoms with E-state index in [1.807, 2.05) is 29.8 Å². The van der Waals surface area contributed by atoms with Crippen molar-refractivity contribution < 1.29 is 4.79 Å². The molecule has 6 aromatic rings. The molecule has 9 nitrogen and oxygen atoms in total. The maximum absolute atomic E-state index is 12.2. The van der Waals surface area contributed by atoms with E-state index in [0.717, 1.165) is 51.8 Å². The van der Waals surface area contributed by atoms with Crippen LogP contribution in [0, 0.1) is 0 Å². The number of nitrogens with one attached hydrogen (secondary N) is 3. The van der Waals surface area contributed by atoms with E-state index in [2.05, 4.69) is 48.8 Å². The molecule has 36 heavy (non-hydrogen) atoms. The first-order valence-corrected chi connectivity index (χ1v) is 12.6. The number of anilines is 1. The molecule has 0 aliphatic carbocycles. The molecule has 0 radical (unpaired) electrons. The van der Waals surface area contributed by atoms with Crippen LogP contribution < -0.4 is 5.32 Å². The molecule has 0 aromatic carbocycles. The Balaban J connectivity index is 1.37. The van der Waals surface area contributed by atoms with E-state index in [1.54, 1.807) is 29.9 Å². The first-order valence-electron chi connectivity index (χ1n) is 11.7. The maximum atomic E-state index is 12.2. The number of H-pyrrole nitrogens is 2. The van der Waals surface area contributed by atoms with E-state index in [9.17, 15) is 4.79 Å². The van der Waals surface area contributed by atoms with Crippen LogP contribution in [-0.4, -0.2) is 41.0 Å². The molecule has 0 bridgehead atoms. The van der Waals surface area contributed by atoms with Gasteiger partial charge in [-0.15, -0.1) is 0 Å². The number of unbranched alkanes of at least 4 members (excludes halogenated alkanes) is 1. The van der Waals surface area contributed by atoms with Crippen molar-refractivity contribution in [2.24, 2.45) is 0 Å². The molecule has 6 heterocycles. The molecule has 0 saturated carbocycles. The highest BCUT2D eigenvalue weighted by Crippen LogP contribution is 2.32. The number of carbonyl (C=O) groups is 1. The van der Waals surface area contributed by atoms with E-state index in [4.69, 9.17) is 9.97 Å². The second-order valence-corrected chi connectivity index (χ2v) is 9.24. The highest BCUT2D eigenvalue weighted by Gasteiger charge is 2.17. The van der Waals surface area contributed by atoms with Crippen LogP contribution in [0.15, 0.2) is 59.8 Å². The number of hydrogen-bond donors (Lipinski definition) is 3. The summed E-state index contributed by atoms with van der Waals surface area (Å²) in [7, 11) is 0. The molecule has 0 atom stereocenters. The quantitative estimate of drug-likeness (QED) is 0.257. The van der Waals surface area contributed by atoms with E-state index in [1.165, 1.54) is 0 Å². The van der Waals surface area contributed by atoms with Gasteiger partial charge in [0.2, 0.25) is 5.91 Å². The van der Waals surface area contributed by atoms with Crippen molar-refractivity contribution in [1.29, 1.82) is 0 Å². The first kappa shape index (κ1) is 22.1. The predicted molar refractivity (Wildman–Crippen MR) is 141 cm³/mol. The average Bonchev–Trinajstić information content (AvgIpc) is 3.66. The molecule has 1 amide bonds. The zero-order valence-corrected chi connectivity index (χ0v) is 20.3. The van der Waals surface area contributed by atoms with Crippen molar-refractivity contribution in [3.8, 4) is 33.9 Å².